The molecule has 3 rings (SSSR count). The van der Waals surface area contributed by atoms with Crippen molar-refractivity contribution < 1.29 is 9.53 Å². The van der Waals surface area contributed by atoms with Gasteiger partial charge < -0.3 is 10.1 Å². The number of amides is 1. The fraction of sp³-hybridized carbons (Fsp3) is 0.824. The van der Waals surface area contributed by atoms with Crippen molar-refractivity contribution in [3.63, 3.8) is 0 Å². The first-order valence-corrected chi connectivity index (χ1v) is 8.44. The van der Waals surface area contributed by atoms with E-state index >= 15 is 0 Å². The minimum atomic E-state index is 0.0759. The molecule has 3 heterocycles. The molecule has 21 heavy (non-hydrogen) atoms. The van der Waals surface area contributed by atoms with Crippen molar-refractivity contribution in [3.05, 3.63) is 11.6 Å². The summed E-state index contributed by atoms with van der Waals surface area (Å²) in [5, 5.41) is 3.19. The van der Waals surface area contributed by atoms with Gasteiger partial charge in [-0.25, -0.2) is 0 Å². The molecule has 1 N–H and O–H groups in total. The highest BCUT2D eigenvalue weighted by Gasteiger charge is 2.41. The minimum absolute atomic E-state index is 0.0759. The van der Waals surface area contributed by atoms with Crippen LogP contribution in [0.15, 0.2) is 11.6 Å². The molecule has 118 valence electrons. The van der Waals surface area contributed by atoms with E-state index in [1.54, 1.807) is 6.08 Å². The van der Waals surface area contributed by atoms with Crippen molar-refractivity contribution in [3.8, 4) is 0 Å². The molecule has 0 aromatic rings. The Morgan fingerprint density at radius 2 is 1.95 bits per heavy atom. The number of hydrogen-bond donors (Lipinski definition) is 1. The van der Waals surface area contributed by atoms with Crippen LogP contribution < -0.4 is 5.32 Å². The Kier molecular flexibility index (Phi) is 4.65. The lowest BCUT2D eigenvalue weighted by molar-refractivity contribution is -0.117. The number of carbonyl (C=O) groups is 1. The van der Waals surface area contributed by atoms with Crippen LogP contribution in [0.1, 0.15) is 52.4 Å². The van der Waals surface area contributed by atoms with Crippen LogP contribution in [0.2, 0.25) is 0 Å². The molecule has 3 fully saturated rings. The topological polar surface area (TPSA) is 41.6 Å². The van der Waals surface area contributed by atoms with Crippen LogP contribution in [0.3, 0.4) is 0 Å². The Morgan fingerprint density at radius 1 is 1.24 bits per heavy atom. The Labute approximate surface area is 127 Å². The SMILES string of the molecule is CC(C)=CC(=O)NC1CC2CCC(C1)N2CC1CCCO1. The van der Waals surface area contributed by atoms with Crippen molar-refractivity contribution in [1.82, 2.24) is 10.2 Å². The number of piperidine rings is 1. The third-order valence-electron chi connectivity index (χ3n) is 5.09. The Bertz CT molecular complexity index is 397. The van der Waals surface area contributed by atoms with Gasteiger partial charge in [0.15, 0.2) is 0 Å². The maximum atomic E-state index is 11.9. The van der Waals surface area contributed by atoms with Crippen LogP contribution in [0, 0.1) is 0 Å². The molecule has 2 bridgehead atoms. The van der Waals surface area contributed by atoms with Gasteiger partial charge in [-0.3, -0.25) is 9.69 Å². The molecule has 4 heteroatoms. The summed E-state index contributed by atoms with van der Waals surface area (Å²) in [6.45, 7) is 5.97. The fourth-order valence-corrected chi connectivity index (χ4v) is 4.22. The van der Waals surface area contributed by atoms with Gasteiger partial charge in [0.2, 0.25) is 5.91 Å². The van der Waals surface area contributed by atoms with Crippen LogP contribution in [-0.2, 0) is 9.53 Å². The van der Waals surface area contributed by atoms with E-state index in [0.717, 1.165) is 31.6 Å². The highest BCUT2D eigenvalue weighted by molar-refractivity contribution is 5.88. The second kappa shape index (κ2) is 6.49. The highest BCUT2D eigenvalue weighted by atomic mass is 16.5. The van der Waals surface area contributed by atoms with Crippen LogP contribution in [0.4, 0.5) is 0 Å². The predicted molar refractivity (Wildman–Crippen MR) is 83.1 cm³/mol. The third-order valence-corrected chi connectivity index (χ3v) is 5.09. The summed E-state index contributed by atoms with van der Waals surface area (Å²) in [5.74, 6) is 0.0759. The lowest BCUT2D eigenvalue weighted by atomic mass is 9.96. The maximum Gasteiger partial charge on any atom is 0.244 e. The number of hydrogen-bond acceptors (Lipinski definition) is 3. The highest BCUT2D eigenvalue weighted by Crippen LogP contribution is 2.36. The molecule has 3 unspecified atom stereocenters. The summed E-state index contributed by atoms with van der Waals surface area (Å²) in [5.41, 5.74) is 1.06. The van der Waals surface area contributed by atoms with Gasteiger partial charge in [-0.2, -0.15) is 0 Å². The number of fused-ring (bicyclic) bond motifs is 2. The summed E-state index contributed by atoms with van der Waals surface area (Å²) in [4.78, 5) is 14.6. The van der Waals surface area contributed by atoms with Gasteiger partial charge in [0.25, 0.3) is 0 Å². The van der Waals surface area contributed by atoms with Crippen LogP contribution in [-0.4, -0.2) is 48.2 Å². The molecule has 1 amide bonds. The normalized spacial score (nSPS) is 35.7. The molecule has 3 aliphatic rings. The van der Waals surface area contributed by atoms with Gasteiger partial charge in [-0.05, 0) is 52.4 Å². The second-order valence-electron chi connectivity index (χ2n) is 7.12. The van der Waals surface area contributed by atoms with E-state index < -0.39 is 0 Å². The van der Waals surface area contributed by atoms with Crippen LogP contribution in [0.5, 0.6) is 0 Å². The zero-order valence-corrected chi connectivity index (χ0v) is 13.3. The zero-order chi connectivity index (χ0) is 14.8. The number of allylic oxidation sites excluding steroid dienone is 1. The maximum absolute atomic E-state index is 11.9. The molecule has 0 aromatic heterocycles. The largest absolute Gasteiger partial charge is 0.377 e. The molecule has 0 saturated carbocycles. The molecule has 3 atom stereocenters. The van der Waals surface area contributed by atoms with E-state index in [1.807, 2.05) is 13.8 Å². The zero-order valence-electron chi connectivity index (χ0n) is 13.3. The first-order valence-electron chi connectivity index (χ1n) is 8.44. The summed E-state index contributed by atoms with van der Waals surface area (Å²) in [6, 6.07) is 1.64. The number of ether oxygens (including phenoxy) is 1. The number of nitrogens with zero attached hydrogens (tertiary/aromatic N) is 1. The molecule has 0 aliphatic carbocycles. The van der Waals surface area contributed by atoms with E-state index in [9.17, 15) is 4.79 Å². The minimum Gasteiger partial charge on any atom is -0.377 e. The average molecular weight is 292 g/mol. The quantitative estimate of drug-likeness (QED) is 0.808. The smallest absolute Gasteiger partial charge is 0.244 e. The van der Waals surface area contributed by atoms with E-state index in [-0.39, 0.29) is 5.91 Å². The van der Waals surface area contributed by atoms with Crippen molar-refractivity contribution in [2.45, 2.75) is 76.6 Å². The van der Waals surface area contributed by atoms with E-state index in [2.05, 4.69) is 10.2 Å². The molecule has 4 nitrogen and oxygen atoms in total. The van der Waals surface area contributed by atoms with Gasteiger partial charge in [-0.1, -0.05) is 5.57 Å². The molecule has 3 saturated heterocycles. The summed E-state index contributed by atoms with van der Waals surface area (Å²) < 4.78 is 5.80. The van der Waals surface area contributed by atoms with E-state index in [1.165, 1.54) is 25.7 Å². The van der Waals surface area contributed by atoms with Gasteiger partial charge in [0.05, 0.1) is 6.10 Å². The number of rotatable bonds is 4. The number of carbonyl (C=O) groups excluding carboxylic acids is 1. The first kappa shape index (κ1) is 15.0. The molecular formula is C17H28N2O2. The molecular weight excluding hydrogens is 264 g/mol. The van der Waals surface area contributed by atoms with Crippen molar-refractivity contribution >= 4 is 5.91 Å². The summed E-state index contributed by atoms with van der Waals surface area (Å²) in [7, 11) is 0. The average Bonchev–Trinajstić information content (AvgIpc) is 2.97. The van der Waals surface area contributed by atoms with Crippen LogP contribution in [0.25, 0.3) is 0 Å². The lowest BCUT2D eigenvalue weighted by Gasteiger charge is -2.40. The Morgan fingerprint density at radius 3 is 2.52 bits per heavy atom. The Balaban J connectivity index is 1.53. The van der Waals surface area contributed by atoms with Gasteiger partial charge in [0, 0.05) is 37.4 Å². The van der Waals surface area contributed by atoms with Crippen molar-refractivity contribution in [2.24, 2.45) is 0 Å². The van der Waals surface area contributed by atoms with Gasteiger partial charge in [-0.15, -0.1) is 0 Å². The molecule has 0 spiro atoms. The first-order chi connectivity index (χ1) is 10.1. The van der Waals surface area contributed by atoms with Crippen molar-refractivity contribution in [1.29, 1.82) is 0 Å². The Hall–Kier alpha value is -0.870. The second-order valence-corrected chi connectivity index (χ2v) is 7.12. The molecule has 0 aromatic carbocycles. The standard InChI is InChI=1S/C17H28N2O2/c1-12(2)8-17(20)18-13-9-14-5-6-15(10-13)19(14)11-16-4-3-7-21-16/h8,13-16H,3-7,9-11H2,1-2H3,(H,18,20). The van der Waals surface area contributed by atoms with Crippen molar-refractivity contribution in [2.75, 3.05) is 13.2 Å². The molecule has 3 aliphatic heterocycles. The molecule has 0 radical (unpaired) electrons. The monoisotopic (exact) mass is 292 g/mol. The predicted octanol–water partition coefficient (Wildman–Crippen LogP) is 2.24. The summed E-state index contributed by atoms with van der Waals surface area (Å²) >= 11 is 0. The van der Waals surface area contributed by atoms with E-state index in [4.69, 9.17) is 4.74 Å². The van der Waals surface area contributed by atoms with E-state index in [0.29, 0.717) is 24.2 Å². The summed E-state index contributed by atoms with van der Waals surface area (Å²) in [6.07, 6.45) is 9.37. The lowest BCUT2D eigenvalue weighted by Crippen LogP contribution is -2.52. The fourth-order valence-electron chi connectivity index (χ4n) is 4.22. The van der Waals surface area contributed by atoms with Crippen LogP contribution >= 0.6 is 0 Å². The number of nitrogens with one attached hydrogen (secondary N) is 1. The van der Waals surface area contributed by atoms with Gasteiger partial charge >= 0.3 is 0 Å². The third kappa shape index (κ3) is 3.67. The van der Waals surface area contributed by atoms with Gasteiger partial charge in [0.1, 0.15) is 0 Å².